The topological polar surface area (TPSA) is 58.2 Å². The largest absolute Gasteiger partial charge is 0.349 e. The first-order valence-corrected chi connectivity index (χ1v) is 6.87. The molecular weight excluding hydrogens is 240 g/mol. The van der Waals surface area contributed by atoms with Gasteiger partial charge in [-0.15, -0.1) is 0 Å². The molecule has 4 heteroatoms. The molecule has 1 saturated carbocycles. The summed E-state index contributed by atoms with van der Waals surface area (Å²) < 4.78 is 0. The zero-order valence-electron chi connectivity index (χ0n) is 11.0. The highest BCUT2D eigenvalue weighted by atomic mass is 16.2. The molecule has 2 amide bonds. The molecule has 0 aromatic heterocycles. The lowest BCUT2D eigenvalue weighted by Gasteiger charge is -2.17. The number of carbonyl (C=O) groups excluding carboxylic acids is 2. The molecule has 0 bridgehead atoms. The van der Waals surface area contributed by atoms with Gasteiger partial charge < -0.3 is 10.6 Å². The van der Waals surface area contributed by atoms with Crippen molar-refractivity contribution in [3.63, 3.8) is 0 Å². The van der Waals surface area contributed by atoms with E-state index in [1.165, 1.54) is 12.8 Å². The Morgan fingerprint density at radius 3 is 2.95 bits per heavy atom. The van der Waals surface area contributed by atoms with Crippen LogP contribution < -0.4 is 10.6 Å². The average molecular weight is 258 g/mol. The first-order chi connectivity index (χ1) is 9.13. The second-order valence-corrected chi connectivity index (χ2v) is 5.59. The fraction of sp³-hybridized carbons (Fsp3) is 0.467. The smallest absolute Gasteiger partial charge is 0.251 e. The van der Waals surface area contributed by atoms with Crippen molar-refractivity contribution < 1.29 is 9.59 Å². The third-order valence-electron chi connectivity index (χ3n) is 4.18. The van der Waals surface area contributed by atoms with Crippen LogP contribution in [0.4, 0.5) is 5.69 Å². The third-order valence-corrected chi connectivity index (χ3v) is 4.18. The maximum atomic E-state index is 12.2. The molecule has 2 atom stereocenters. The number of rotatable bonds is 2. The molecule has 1 heterocycles. The SMILES string of the molecule is CC1CCCC1NC(=O)c1ccc2c(c1)NC(=O)C2. The van der Waals surface area contributed by atoms with Crippen LogP contribution in [-0.4, -0.2) is 17.9 Å². The molecule has 0 saturated heterocycles. The summed E-state index contributed by atoms with van der Waals surface area (Å²) >= 11 is 0. The molecule has 2 aliphatic rings. The van der Waals surface area contributed by atoms with E-state index in [0.29, 0.717) is 17.9 Å². The van der Waals surface area contributed by atoms with E-state index >= 15 is 0 Å². The maximum Gasteiger partial charge on any atom is 0.251 e. The first-order valence-electron chi connectivity index (χ1n) is 6.87. The molecule has 2 N–H and O–H groups in total. The van der Waals surface area contributed by atoms with Gasteiger partial charge in [-0.1, -0.05) is 19.4 Å². The van der Waals surface area contributed by atoms with Crippen molar-refractivity contribution in [3.05, 3.63) is 29.3 Å². The van der Waals surface area contributed by atoms with Gasteiger partial charge in [0, 0.05) is 17.3 Å². The van der Waals surface area contributed by atoms with E-state index in [0.717, 1.165) is 17.7 Å². The maximum absolute atomic E-state index is 12.2. The van der Waals surface area contributed by atoms with Crippen LogP contribution >= 0.6 is 0 Å². The van der Waals surface area contributed by atoms with Crippen molar-refractivity contribution in [2.24, 2.45) is 5.92 Å². The minimum atomic E-state index is -0.0392. The number of hydrogen-bond acceptors (Lipinski definition) is 2. The Labute approximate surface area is 112 Å². The quantitative estimate of drug-likeness (QED) is 0.853. The predicted octanol–water partition coefficient (Wildman–Crippen LogP) is 2.10. The van der Waals surface area contributed by atoms with E-state index in [4.69, 9.17) is 0 Å². The van der Waals surface area contributed by atoms with Crippen LogP contribution in [0.5, 0.6) is 0 Å². The highest BCUT2D eigenvalue weighted by Crippen LogP contribution is 2.26. The molecule has 0 radical (unpaired) electrons. The van der Waals surface area contributed by atoms with E-state index in [-0.39, 0.29) is 17.9 Å². The molecule has 3 rings (SSSR count). The molecular formula is C15H18N2O2. The van der Waals surface area contributed by atoms with Crippen LogP contribution in [0.3, 0.4) is 0 Å². The number of nitrogens with one attached hydrogen (secondary N) is 2. The minimum absolute atomic E-state index is 0.00280. The van der Waals surface area contributed by atoms with Crippen molar-refractivity contribution in [3.8, 4) is 0 Å². The van der Waals surface area contributed by atoms with E-state index in [1.807, 2.05) is 6.07 Å². The number of anilines is 1. The second-order valence-electron chi connectivity index (χ2n) is 5.59. The Balaban J connectivity index is 1.74. The highest BCUT2D eigenvalue weighted by Gasteiger charge is 2.26. The lowest BCUT2D eigenvalue weighted by Crippen LogP contribution is -2.36. The molecule has 19 heavy (non-hydrogen) atoms. The summed E-state index contributed by atoms with van der Waals surface area (Å²) in [6.45, 7) is 2.18. The van der Waals surface area contributed by atoms with Gasteiger partial charge >= 0.3 is 0 Å². The summed E-state index contributed by atoms with van der Waals surface area (Å²) in [5.74, 6) is 0.512. The van der Waals surface area contributed by atoms with Crippen LogP contribution in [0, 0.1) is 5.92 Å². The number of hydrogen-bond donors (Lipinski definition) is 2. The molecule has 1 aliphatic heterocycles. The first kappa shape index (κ1) is 12.2. The van der Waals surface area contributed by atoms with Crippen LogP contribution in [0.25, 0.3) is 0 Å². The van der Waals surface area contributed by atoms with Crippen LogP contribution in [0.2, 0.25) is 0 Å². The zero-order chi connectivity index (χ0) is 13.4. The second kappa shape index (κ2) is 4.68. The molecule has 1 aromatic carbocycles. The van der Waals surface area contributed by atoms with Crippen LogP contribution in [0.1, 0.15) is 42.1 Å². The van der Waals surface area contributed by atoms with Crippen molar-refractivity contribution >= 4 is 17.5 Å². The van der Waals surface area contributed by atoms with Gasteiger partial charge in [0.05, 0.1) is 6.42 Å². The Bertz CT molecular complexity index is 539. The van der Waals surface area contributed by atoms with Crippen molar-refractivity contribution in [1.82, 2.24) is 5.32 Å². The van der Waals surface area contributed by atoms with Crippen molar-refractivity contribution in [1.29, 1.82) is 0 Å². The van der Waals surface area contributed by atoms with E-state index in [9.17, 15) is 9.59 Å². The van der Waals surface area contributed by atoms with E-state index in [1.54, 1.807) is 12.1 Å². The van der Waals surface area contributed by atoms with Gasteiger partial charge in [0.2, 0.25) is 5.91 Å². The lowest BCUT2D eigenvalue weighted by atomic mass is 10.0. The normalized spacial score (nSPS) is 25.0. The predicted molar refractivity (Wildman–Crippen MR) is 73.0 cm³/mol. The highest BCUT2D eigenvalue weighted by molar-refractivity contribution is 6.02. The van der Waals surface area contributed by atoms with Crippen LogP contribution in [0.15, 0.2) is 18.2 Å². The molecule has 100 valence electrons. The van der Waals surface area contributed by atoms with Crippen molar-refractivity contribution in [2.75, 3.05) is 5.32 Å². The summed E-state index contributed by atoms with van der Waals surface area (Å²) in [5.41, 5.74) is 2.37. The number of carbonyl (C=O) groups is 2. The fourth-order valence-electron chi connectivity index (χ4n) is 2.97. The molecule has 0 spiro atoms. The fourth-order valence-corrected chi connectivity index (χ4v) is 2.97. The summed E-state index contributed by atoms with van der Waals surface area (Å²) in [6.07, 6.45) is 3.85. The third kappa shape index (κ3) is 2.35. The Morgan fingerprint density at radius 1 is 1.37 bits per heavy atom. The summed E-state index contributed by atoms with van der Waals surface area (Å²) in [7, 11) is 0. The summed E-state index contributed by atoms with van der Waals surface area (Å²) in [6, 6.07) is 5.72. The van der Waals surface area contributed by atoms with Gasteiger partial charge in [0.15, 0.2) is 0 Å². The van der Waals surface area contributed by atoms with Gasteiger partial charge in [0.25, 0.3) is 5.91 Å². The monoisotopic (exact) mass is 258 g/mol. The molecule has 1 aliphatic carbocycles. The van der Waals surface area contributed by atoms with Gasteiger partial charge in [-0.05, 0) is 36.5 Å². The Morgan fingerprint density at radius 2 is 2.21 bits per heavy atom. The minimum Gasteiger partial charge on any atom is -0.349 e. The molecule has 4 nitrogen and oxygen atoms in total. The summed E-state index contributed by atoms with van der Waals surface area (Å²) in [5, 5.41) is 5.87. The Hall–Kier alpha value is -1.84. The van der Waals surface area contributed by atoms with E-state index < -0.39 is 0 Å². The van der Waals surface area contributed by atoms with Gasteiger partial charge in [-0.3, -0.25) is 9.59 Å². The van der Waals surface area contributed by atoms with E-state index in [2.05, 4.69) is 17.6 Å². The van der Waals surface area contributed by atoms with Gasteiger partial charge in [-0.25, -0.2) is 0 Å². The van der Waals surface area contributed by atoms with Gasteiger partial charge in [-0.2, -0.15) is 0 Å². The molecule has 1 aromatic rings. The van der Waals surface area contributed by atoms with Gasteiger partial charge in [0.1, 0.15) is 0 Å². The number of benzene rings is 1. The standard InChI is InChI=1S/C15H18N2O2/c1-9-3-2-4-12(9)17-15(19)11-6-5-10-8-14(18)16-13(10)7-11/h5-7,9,12H,2-4,8H2,1H3,(H,16,18)(H,17,19). The average Bonchev–Trinajstić information content (AvgIpc) is 2.93. The summed E-state index contributed by atoms with van der Waals surface area (Å²) in [4.78, 5) is 23.5. The van der Waals surface area contributed by atoms with Crippen LogP contribution in [-0.2, 0) is 11.2 Å². The zero-order valence-corrected chi connectivity index (χ0v) is 11.0. The lowest BCUT2D eigenvalue weighted by molar-refractivity contribution is -0.115. The van der Waals surface area contributed by atoms with Crippen molar-refractivity contribution in [2.45, 2.75) is 38.6 Å². The molecule has 2 unspecified atom stereocenters. The molecule has 1 fully saturated rings. The number of amides is 2. The number of fused-ring (bicyclic) bond motifs is 1. The Kier molecular flexibility index (Phi) is 3.01.